The molecule has 4 rings (SSSR count). The molecule has 4 heteroatoms. The van der Waals surface area contributed by atoms with Crippen molar-refractivity contribution in [1.82, 2.24) is 4.98 Å². The first-order chi connectivity index (χ1) is 9.83. The van der Waals surface area contributed by atoms with E-state index in [1.165, 1.54) is 15.3 Å². The third-order valence-electron chi connectivity index (χ3n) is 3.33. The summed E-state index contributed by atoms with van der Waals surface area (Å²) in [4.78, 5) is 7.34. The predicted octanol–water partition coefficient (Wildman–Crippen LogP) is 4.79. The van der Waals surface area contributed by atoms with Gasteiger partial charge in [-0.3, -0.25) is 0 Å². The summed E-state index contributed by atoms with van der Waals surface area (Å²) in [6.07, 6.45) is 0. The average Bonchev–Trinajstić information content (AvgIpc) is 2.92. The van der Waals surface area contributed by atoms with E-state index in [1.807, 2.05) is 36.0 Å². The maximum Gasteiger partial charge on any atom is 0.128 e. The summed E-state index contributed by atoms with van der Waals surface area (Å²) in [5, 5.41) is 10.9. The molecule has 2 nitrogen and oxygen atoms in total. The number of para-hydroxylation sites is 1. The van der Waals surface area contributed by atoms with E-state index in [2.05, 4.69) is 18.2 Å². The summed E-state index contributed by atoms with van der Waals surface area (Å²) in [6, 6.07) is 15.8. The van der Waals surface area contributed by atoms with Gasteiger partial charge >= 0.3 is 0 Å². The van der Waals surface area contributed by atoms with Crippen molar-refractivity contribution < 1.29 is 5.11 Å². The Labute approximate surface area is 125 Å². The quantitative estimate of drug-likeness (QED) is 0.701. The molecule has 0 saturated heterocycles. The topological polar surface area (TPSA) is 33.1 Å². The summed E-state index contributed by atoms with van der Waals surface area (Å²) >= 11 is 3.53. The average molecular weight is 297 g/mol. The molecule has 98 valence electrons. The van der Waals surface area contributed by atoms with Gasteiger partial charge in [0.2, 0.25) is 0 Å². The van der Waals surface area contributed by atoms with Crippen molar-refractivity contribution in [3.63, 3.8) is 0 Å². The SMILES string of the molecule is Oc1ccccc1-c1nc2c(s1)CSc1ccccc1-2. The van der Waals surface area contributed by atoms with Crippen LogP contribution in [0, 0.1) is 0 Å². The second-order valence-electron chi connectivity index (χ2n) is 4.59. The first-order valence-electron chi connectivity index (χ1n) is 6.33. The fraction of sp³-hybridized carbons (Fsp3) is 0.0625. The van der Waals surface area contributed by atoms with Gasteiger partial charge in [0.25, 0.3) is 0 Å². The van der Waals surface area contributed by atoms with Crippen LogP contribution in [0.2, 0.25) is 0 Å². The Morgan fingerprint density at radius 3 is 2.55 bits per heavy atom. The van der Waals surface area contributed by atoms with Gasteiger partial charge < -0.3 is 5.11 Å². The molecule has 2 heterocycles. The van der Waals surface area contributed by atoms with Crippen LogP contribution in [-0.2, 0) is 5.75 Å². The van der Waals surface area contributed by atoms with Crippen LogP contribution in [-0.4, -0.2) is 10.1 Å². The zero-order valence-electron chi connectivity index (χ0n) is 10.5. The number of phenolic OH excluding ortho intramolecular Hbond substituents is 1. The van der Waals surface area contributed by atoms with Gasteiger partial charge in [0.05, 0.1) is 11.3 Å². The van der Waals surface area contributed by atoms with Gasteiger partial charge in [0.1, 0.15) is 10.8 Å². The van der Waals surface area contributed by atoms with Crippen LogP contribution in [0.3, 0.4) is 0 Å². The zero-order chi connectivity index (χ0) is 13.5. The molecule has 0 fully saturated rings. The number of fused-ring (bicyclic) bond motifs is 3. The molecule has 2 aromatic carbocycles. The highest BCUT2D eigenvalue weighted by Gasteiger charge is 2.22. The number of hydrogen-bond acceptors (Lipinski definition) is 4. The van der Waals surface area contributed by atoms with Crippen LogP contribution < -0.4 is 0 Å². The fourth-order valence-electron chi connectivity index (χ4n) is 2.36. The van der Waals surface area contributed by atoms with E-state index in [1.54, 1.807) is 17.4 Å². The third-order valence-corrected chi connectivity index (χ3v) is 5.70. The number of aromatic hydroxyl groups is 1. The van der Waals surface area contributed by atoms with Crippen LogP contribution in [0.25, 0.3) is 21.8 Å². The molecule has 1 aromatic heterocycles. The first kappa shape index (κ1) is 12.0. The summed E-state index contributed by atoms with van der Waals surface area (Å²) in [5.74, 6) is 1.25. The van der Waals surface area contributed by atoms with Crippen molar-refractivity contribution in [3.8, 4) is 27.6 Å². The van der Waals surface area contributed by atoms with Crippen LogP contribution in [0.5, 0.6) is 5.75 Å². The minimum atomic E-state index is 0.291. The maximum atomic E-state index is 9.98. The van der Waals surface area contributed by atoms with Gasteiger partial charge in [-0.05, 0) is 18.2 Å². The highest BCUT2D eigenvalue weighted by atomic mass is 32.2. The van der Waals surface area contributed by atoms with E-state index in [0.717, 1.165) is 22.0 Å². The molecule has 3 aromatic rings. The highest BCUT2D eigenvalue weighted by Crippen LogP contribution is 2.45. The van der Waals surface area contributed by atoms with E-state index in [0.29, 0.717) is 5.75 Å². The van der Waals surface area contributed by atoms with Crippen molar-refractivity contribution in [1.29, 1.82) is 0 Å². The lowest BCUT2D eigenvalue weighted by atomic mass is 10.1. The van der Waals surface area contributed by atoms with Gasteiger partial charge in [-0.2, -0.15) is 0 Å². The summed E-state index contributed by atoms with van der Waals surface area (Å²) < 4.78 is 0. The lowest BCUT2D eigenvalue weighted by molar-refractivity contribution is 0.477. The number of hydrogen-bond donors (Lipinski definition) is 1. The lowest BCUT2D eigenvalue weighted by Gasteiger charge is -2.13. The van der Waals surface area contributed by atoms with Gasteiger partial charge in [0, 0.05) is 21.1 Å². The van der Waals surface area contributed by atoms with Crippen molar-refractivity contribution in [2.75, 3.05) is 0 Å². The second-order valence-corrected chi connectivity index (χ2v) is 6.69. The number of phenols is 1. The molecule has 0 amide bonds. The molecule has 0 aliphatic carbocycles. The number of rotatable bonds is 1. The first-order valence-corrected chi connectivity index (χ1v) is 8.13. The van der Waals surface area contributed by atoms with E-state index >= 15 is 0 Å². The Kier molecular flexibility index (Phi) is 2.79. The summed E-state index contributed by atoms with van der Waals surface area (Å²) in [6.45, 7) is 0. The Hall–Kier alpha value is -1.78. The van der Waals surface area contributed by atoms with Crippen molar-refractivity contribution in [2.24, 2.45) is 0 Å². The molecule has 0 radical (unpaired) electrons. The Bertz CT molecular complexity index is 795. The fourth-order valence-corrected chi connectivity index (χ4v) is 4.60. The number of benzene rings is 2. The monoisotopic (exact) mass is 297 g/mol. The largest absolute Gasteiger partial charge is 0.507 e. The highest BCUT2D eigenvalue weighted by molar-refractivity contribution is 7.98. The minimum absolute atomic E-state index is 0.291. The molecule has 0 atom stereocenters. The Balaban J connectivity index is 1.89. The second kappa shape index (κ2) is 4.65. The van der Waals surface area contributed by atoms with Crippen LogP contribution in [0.4, 0.5) is 0 Å². The molecule has 20 heavy (non-hydrogen) atoms. The summed E-state index contributed by atoms with van der Waals surface area (Å²) in [7, 11) is 0. The van der Waals surface area contributed by atoms with Gasteiger partial charge in [-0.1, -0.05) is 30.3 Å². The molecule has 0 bridgehead atoms. The smallest absolute Gasteiger partial charge is 0.128 e. The third kappa shape index (κ3) is 1.84. The van der Waals surface area contributed by atoms with Crippen molar-refractivity contribution >= 4 is 23.1 Å². The number of aromatic nitrogens is 1. The molecule has 1 N–H and O–H groups in total. The Morgan fingerprint density at radius 1 is 0.950 bits per heavy atom. The number of thioether (sulfide) groups is 1. The molecule has 0 spiro atoms. The predicted molar refractivity (Wildman–Crippen MR) is 84.2 cm³/mol. The van der Waals surface area contributed by atoms with Crippen LogP contribution in [0.1, 0.15) is 4.88 Å². The van der Waals surface area contributed by atoms with Gasteiger partial charge in [-0.15, -0.1) is 23.1 Å². The molecule has 1 aliphatic heterocycles. The molecular weight excluding hydrogens is 286 g/mol. The van der Waals surface area contributed by atoms with Crippen LogP contribution in [0.15, 0.2) is 53.4 Å². The molecular formula is C16H11NOS2. The number of nitrogens with zero attached hydrogens (tertiary/aromatic N) is 1. The van der Waals surface area contributed by atoms with E-state index < -0.39 is 0 Å². The van der Waals surface area contributed by atoms with Crippen molar-refractivity contribution in [3.05, 3.63) is 53.4 Å². The lowest BCUT2D eigenvalue weighted by Crippen LogP contribution is -1.92. The van der Waals surface area contributed by atoms with Crippen LogP contribution >= 0.6 is 23.1 Å². The zero-order valence-corrected chi connectivity index (χ0v) is 12.2. The minimum Gasteiger partial charge on any atom is -0.507 e. The maximum absolute atomic E-state index is 9.98. The van der Waals surface area contributed by atoms with Gasteiger partial charge in [-0.25, -0.2) is 4.98 Å². The summed E-state index contributed by atoms with van der Waals surface area (Å²) in [5.41, 5.74) is 3.09. The molecule has 0 unspecified atom stereocenters. The Morgan fingerprint density at radius 2 is 1.70 bits per heavy atom. The van der Waals surface area contributed by atoms with Crippen molar-refractivity contribution in [2.45, 2.75) is 10.6 Å². The van der Waals surface area contributed by atoms with E-state index in [-0.39, 0.29) is 0 Å². The van der Waals surface area contributed by atoms with Gasteiger partial charge in [0.15, 0.2) is 0 Å². The van der Waals surface area contributed by atoms with E-state index in [4.69, 9.17) is 4.98 Å². The number of thiazole rings is 1. The molecule has 0 saturated carbocycles. The van der Waals surface area contributed by atoms with E-state index in [9.17, 15) is 5.11 Å². The molecule has 1 aliphatic rings. The normalized spacial score (nSPS) is 12.8. The standard InChI is InChI=1S/C16H11NOS2/c18-12-7-3-1-5-10(12)16-17-15-11-6-2-4-8-13(11)19-9-14(15)20-16/h1-8,18H,9H2.